The van der Waals surface area contributed by atoms with Gasteiger partial charge in [0.1, 0.15) is 6.33 Å². The van der Waals surface area contributed by atoms with Crippen molar-refractivity contribution in [3.63, 3.8) is 0 Å². The summed E-state index contributed by atoms with van der Waals surface area (Å²) in [7, 11) is 0. The Morgan fingerprint density at radius 1 is 1.44 bits per heavy atom. The minimum Gasteiger partial charge on any atom is -0.335 e. The van der Waals surface area contributed by atoms with Crippen LogP contribution in [-0.4, -0.2) is 26.0 Å². The molecule has 1 heterocycles. The minimum atomic E-state index is -0.462. The molecular formula is C9H9N7O2. The van der Waals surface area contributed by atoms with E-state index >= 15 is 0 Å². The summed E-state index contributed by atoms with van der Waals surface area (Å²) in [4.78, 5) is 9.98. The third-order valence-electron chi connectivity index (χ3n) is 2.06. The Morgan fingerprint density at radius 3 is 2.72 bits per heavy atom. The lowest BCUT2D eigenvalue weighted by molar-refractivity contribution is -0.384. The highest BCUT2D eigenvalue weighted by molar-refractivity contribution is 5.80. The maximum atomic E-state index is 10.4. The number of anilines is 1. The summed E-state index contributed by atoms with van der Waals surface area (Å²) in [5.41, 5.74) is 3.31. The number of nitrogen functional groups attached to an aromatic ring is 1. The van der Waals surface area contributed by atoms with Crippen molar-refractivity contribution in [3.8, 4) is 0 Å². The SMILES string of the molecule is Nn1cnnc1N/N=C/c1ccc([N+](=O)[O-])cc1. The van der Waals surface area contributed by atoms with Crippen molar-refractivity contribution in [2.24, 2.45) is 5.10 Å². The van der Waals surface area contributed by atoms with Gasteiger partial charge in [0.2, 0.25) is 0 Å². The molecule has 0 saturated carbocycles. The number of rotatable bonds is 4. The fourth-order valence-electron chi connectivity index (χ4n) is 1.17. The van der Waals surface area contributed by atoms with E-state index in [-0.39, 0.29) is 11.6 Å². The fourth-order valence-corrected chi connectivity index (χ4v) is 1.17. The molecule has 9 nitrogen and oxygen atoms in total. The molecule has 92 valence electrons. The normalized spacial score (nSPS) is 10.7. The van der Waals surface area contributed by atoms with Gasteiger partial charge in [-0.3, -0.25) is 10.1 Å². The average Bonchev–Trinajstić information content (AvgIpc) is 2.76. The standard InChI is InChI=1S/C9H9N7O2/c10-15-6-12-14-9(15)13-11-5-7-1-3-8(4-2-7)16(17)18/h1-6H,10H2,(H,13,14)/b11-5+. The first-order chi connectivity index (χ1) is 8.66. The first-order valence-electron chi connectivity index (χ1n) is 4.85. The van der Waals surface area contributed by atoms with Gasteiger partial charge in [0.25, 0.3) is 11.6 Å². The molecule has 2 rings (SSSR count). The molecule has 0 bridgehead atoms. The van der Waals surface area contributed by atoms with Crippen LogP contribution < -0.4 is 11.3 Å². The lowest BCUT2D eigenvalue weighted by Gasteiger charge is -1.97. The highest BCUT2D eigenvalue weighted by atomic mass is 16.6. The number of hydrogen-bond donors (Lipinski definition) is 2. The smallest absolute Gasteiger partial charge is 0.269 e. The molecule has 2 aromatic rings. The van der Waals surface area contributed by atoms with Gasteiger partial charge in [-0.25, -0.2) is 10.1 Å². The Kier molecular flexibility index (Phi) is 3.14. The van der Waals surface area contributed by atoms with Crippen LogP contribution in [-0.2, 0) is 0 Å². The molecule has 0 unspecified atom stereocenters. The van der Waals surface area contributed by atoms with E-state index in [4.69, 9.17) is 5.84 Å². The highest BCUT2D eigenvalue weighted by Gasteiger charge is 2.02. The van der Waals surface area contributed by atoms with E-state index in [1.807, 2.05) is 0 Å². The first kappa shape index (κ1) is 11.5. The van der Waals surface area contributed by atoms with Crippen molar-refractivity contribution in [2.45, 2.75) is 0 Å². The predicted octanol–water partition coefficient (Wildman–Crippen LogP) is 0.346. The topological polar surface area (TPSA) is 124 Å². The number of aromatic nitrogens is 3. The number of hydrazone groups is 1. The molecule has 3 N–H and O–H groups in total. The van der Waals surface area contributed by atoms with Crippen LogP contribution in [0.3, 0.4) is 0 Å². The van der Waals surface area contributed by atoms with E-state index in [1.165, 1.54) is 29.4 Å². The second kappa shape index (κ2) is 4.91. The second-order valence-electron chi connectivity index (χ2n) is 3.28. The number of nitrogens with zero attached hydrogens (tertiary/aromatic N) is 5. The molecule has 0 spiro atoms. The number of nitro groups is 1. The van der Waals surface area contributed by atoms with Crippen LogP contribution in [0.1, 0.15) is 5.56 Å². The zero-order chi connectivity index (χ0) is 13.0. The molecule has 9 heteroatoms. The minimum absolute atomic E-state index is 0.0295. The van der Waals surface area contributed by atoms with Crippen LogP contribution >= 0.6 is 0 Å². The van der Waals surface area contributed by atoms with Crippen molar-refractivity contribution in [1.29, 1.82) is 0 Å². The lowest BCUT2D eigenvalue weighted by atomic mass is 10.2. The van der Waals surface area contributed by atoms with Gasteiger partial charge in [-0.05, 0) is 17.7 Å². The molecule has 0 saturated heterocycles. The molecule has 0 fully saturated rings. The Labute approximate surface area is 101 Å². The van der Waals surface area contributed by atoms with Crippen LogP contribution in [0, 0.1) is 10.1 Å². The second-order valence-corrected chi connectivity index (χ2v) is 3.28. The van der Waals surface area contributed by atoms with E-state index in [0.717, 1.165) is 0 Å². The summed E-state index contributed by atoms with van der Waals surface area (Å²) < 4.78 is 1.17. The van der Waals surface area contributed by atoms with E-state index in [1.54, 1.807) is 12.1 Å². The van der Waals surface area contributed by atoms with Gasteiger partial charge in [-0.15, -0.1) is 10.2 Å². The summed E-state index contributed by atoms with van der Waals surface area (Å²) in [6.45, 7) is 0. The van der Waals surface area contributed by atoms with Gasteiger partial charge >= 0.3 is 0 Å². The third kappa shape index (κ3) is 2.58. The number of nitro benzene ring substituents is 1. The first-order valence-corrected chi connectivity index (χ1v) is 4.85. The van der Waals surface area contributed by atoms with Gasteiger partial charge in [0.05, 0.1) is 11.1 Å². The Bertz CT molecular complexity index is 575. The quantitative estimate of drug-likeness (QED) is 0.347. The van der Waals surface area contributed by atoms with Gasteiger partial charge in [0.15, 0.2) is 0 Å². The molecular weight excluding hydrogens is 238 g/mol. The van der Waals surface area contributed by atoms with E-state index in [9.17, 15) is 10.1 Å². The molecule has 0 amide bonds. The monoisotopic (exact) mass is 247 g/mol. The number of benzene rings is 1. The van der Waals surface area contributed by atoms with Crippen LogP contribution in [0.4, 0.5) is 11.6 Å². The highest BCUT2D eigenvalue weighted by Crippen LogP contribution is 2.10. The maximum Gasteiger partial charge on any atom is 0.269 e. The van der Waals surface area contributed by atoms with Gasteiger partial charge in [0, 0.05) is 12.1 Å². The molecule has 1 aromatic heterocycles. The fraction of sp³-hybridized carbons (Fsp3) is 0. The predicted molar refractivity (Wildman–Crippen MR) is 64.5 cm³/mol. The van der Waals surface area contributed by atoms with Gasteiger partial charge in [-0.2, -0.15) is 5.10 Å². The molecule has 0 aliphatic heterocycles. The zero-order valence-electron chi connectivity index (χ0n) is 9.09. The third-order valence-corrected chi connectivity index (χ3v) is 2.06. The molecule has 1 aromatic carbocycles. The number of nitrogens with two attached hydrogens (primary N) is 1. The van der Waals surface area contributed by atoms with Crippen LogP contribution in [0.25, 0.3) is 0 Å². The number of nitrogens with one attached hydrogen (secondary N) is 1. The molecule has 0 aliphatic carbocycles. The summed E-state index contributed by atoms with van der Waals surface area (Å²) in [5.74, 6) is 5.74. The molecule has 18 heavy (non-hydrogen) atoms. The van der Waals surface area contributed by atoms with Crippen molar-refractivity contribution in [3.05, 3.63) is 46.3 Å². The average molecular weight is 247 g/mol. The number of hydrogen-bond acceptors (Lipinski definition) is 7. The summed E-state index contributed by atoms with van der Waals surface area (Å²) in [5, 5.41) is 21.5. The summed E-state index contributed by atoms with van der Waals surface area (Å²) in [6, 6.07) is 5.95. The Morgan fingerprint density at radius 2 is 2.17 bits per heavy atom. The molecule has 0 atom stereocenters. The van der Waals surface area contributed by atoms with Crippen LogP contribution in [0.2, 0.25) is 0 Å². The van der Waals surface area contributed by atoms with E-state index < -0.39 is 4.92 Å². The Hall–Kier alpha value is -2.97. The van der Waals surface area contributed by atoms with Crippen LogP contribution in [0.15, 0.2) is 35.7 Å². The largest absolute Gasteiger partial charge is 0.335 e. The molecule has 0 aliphatic rings. The maximum absolute atomic E-state index is 10.4. The van der Waals surface area contributed by atoms with Crippen molar-refractivity contribution >= 4 is 17.9 Å². The van der Waals surface area contributed by atoms with Gasteiger partial charge < -0.3 is 5.84 Å². The van der Waals surface area contributed by atoms with E-state index in [0.29, 0.717) is 5.56 Å². The number of non-ortho nitro benzene ring substituents is 1. The summed E-state index contributed by atoms with van der Waals surface area (Å²) >= 11 is 0. The van der Waals surface area contributed by atoms with E-state index in [2.05, 4.69) is 20.7 Å². The Balaban J connectivity index is 2.01. The molecule has 0 radical (unpaired) electrons. The van der Waals surface area contributed by atoms with Crippen molar-refractivity contribution in [1.82, 2.24) is 14.9 Å². The van der Waals surface area contributed by atoms with Crippen molar-refractivity contribution < 1.29 is 4.92 Å². The summed E-state index contributed by atoms with van der Waals surface area (Å²) in [6.07, 6.45) is 2.81. The van der Waals surface area contributed by atoms with Crippen molar-refractivity contribution in [2.75, 3.05) is 11.3 Å². The zero-order valence-corrected chi connectivity index (χ0v) is 9.09. The van der Waals surface area contributed by atoms with Gasteiger partial charge in [-0.1, -0.05) is 0 Å². The lowest BCUT2D eigenvalue weighted by Crippen LogP contribution is -2.10. The van der Waals surface area contributed by atoms with Crippen LogP contribution in [0.5, 0.6) is 0 Å².